The summed E-state index contributed by atoms with van der Waals surface area (Å²) in [7, 11) is 1.78. The Bertz CT molecular complexity index is 1220. The molecule has 8 nitrogen and oxygen atoms in total. The first kappa shape index (κ1) is 17.3. The van der Waals surface area contributed by atoms with E-state index < -0.39 is 5.91 Å². The Morgan fingerprint density at radius 1 is 1.18 bits per heavy atom. The number of carbonyl (C=O) groups is 2. The summed E-state index contributed by atoms with van der Waals surface area (Å²) in [4.78, 5) is 39.6. The second-order valence-electron chi connectivity index (χ2n) is 6.20. The lowest BCUT2D eigenvalue weighted by Crippen LogP contribution is -2.08. The molecule has 0 aliphatic rings. The maximum atomic E-state index is 12.5. The third-order valence-corrected chi connectivity index (χ3v) is 4.30. The van der Waals surface area contributed by atoms with Crippen molar-refractivity contribution < 1.29 is 9.59 Å². The maximum absolute atomic E-state index is 12.5. The van der Waals surface area contributed by atoms with Crippen molar-refractivity contribution in [3.8, 4) is 11.3 Å². The van der Waals surface area contributed by atoms with Crippen molar-refractivity contribution in [2.24, 2.45) is 12.8 Å². The summed E-state index contributed by atoms with van der Waals surface area (Å²) < 4.78 is 1.68. The number of fused-ring (bicyclic) bond motifs is 1. The predicted molar refractivity (Wildman–Crippen MR) is 104 cm³/mol. The van der Waals surface area contributed by atoms with Crippen LogP contribution < -0.4 is 5.73 Å². The van der Waals surface area contributed by atoms with Crippen LogP contribution in [0.3, 0.4) is 0 Å². The van der Waals surface area contributed by atoms with Crippen LogP contribution in [0.25, 0.3) is 28.5 Å². The molecule has 0 spiro atoms. The Balaban J connectivity index is 1.66. The Morgan fingerprint density at radius 2 is 1.96 bits per heavy atom. The van der Waals surface area contributed by atoms with E-state index in [2.05, 4.69) is 19.9 Å². The van der Waals surface area contributed by atoms with Gasteiger partial charge in [0.2, 0.25) is 11.7 Å². The molecule has 0 atom stereocenters. The third kappa shape index (κ3) is 3.18. The van der Waals surface area contributed by atoms with Gasteiger partial charge in [0.05, 0.1) is 11.9 Å². The molecule has 1 aromatic carbocycles. The molecule has 0 saturated heterocycles. The van der Waals surface area contributed by atoms with Crippen molar-refractivity contribution in [2.45, 2.75) is 0 Å². The van der Waals surface area contributed by atoms with Crippen molar-refractivity contribution in [1.82, 2.24) is 24.5 Å². The molecule has 8 heteroatoms. The van der Waals surface area contributed by atoms with Crippen LogP contribution >= 0.6 is 0 Å². The topological polar surface area (TPSA) is 120 Å². The summed E-state index contributed by atoms with van der Waals surface area (Å²) in [5.41, 5.74) is 9.11. The zero-order valence-electron chi connectivity index (χ0n) is 15.0. The Hall–Kier alpha value is -4.07. The molecule has 3 N–H and O–H groups in total. The molecular formula is C20H16N6O2. The standard InChI is InChI=1S/C20H16N6O2/c1-26-9-8-22-20(26)18(28)13-4-2-12(3-5-13)15-11-24-19-17(25-15)14(10-23-19)6-7-16(21)27/h2-11H,1H3,(H2,21,27)(H,23,24)/b7-6+. The van der Waals surface area contributed by atoms with Crippen molar-refractivity contribution in [1.29, 1.82) is 0 Å². The van der Waals surface area contributed by atoms with Crippen LogP contribution in [0.5, 0.6) is 0 Å². The van der Waals surface area contributed by atoms with Gasteiger partial charge in [-0.1, -0.05) is 24.3 Å². The number of aryl methyl sites for hydroxylation is 1. The number of hydrogen-bond acceptors (Lipinski definition) is 5. The first-order chi connectivity index (χ1) is 13.5. The van der Waals surface area contributed by atoms with Gasteiger partial charge in [0.25, 0.3) is 0 Å². The predicted octanol–water partition coefficient (Wildman–Crippen LogP) is 2.09. The van der Waals surface area contributed by atoms with Gasteiger partial charge in [-0.05, 0) is 6.08 Å². The number of aromatic amines is 1. The van der Waals surface area contributed by atoms with Crippen molar-refractivity contribution in [3.05, 3.63) is 72.1 Å². The minimum Gasteiger partial charge on any atom is -0.366 e. The zero-order valence-corrected chi connectivity index (χ0v) is 15.0. The molecule has 0 aliphatic heterocycles. The number of ketones is 1. The van der Waals surface area contributed by atoms with Gasteiger partial charge in [-0.15, -0.1) is 0 Å². The van der Waals surface area contributed by atoms with Gasteiger partial charge >= 0.3 is 0 Å². The molecule has 1 amide bonds. The number of nitrogens with zero attached hydrogens (tertiary/aromatic N) is 4. The Morgan fingerprint density at radius 3 is 2.64 bits per heavy atom. The second kappa shape index (κ2) is 6.92. The fourth-order valence-electron chi connectivity index (χ4n) is 2.85. The lowest BCUT2D eigenvalue weighted by molar-refractivity contribution is -0.113. The Labute approximate surface area is 159 Å². The van der Waals surface area contributed by atoms with Gasteiger partial charge < -0.3 is 15.3 Å². The minimum atomic E-state index is -0.536. The van der Waals surface area contributed by atoms with Crippen molar-refractivity contribution >= 4 is 28.9 Å². The molecule has 0 unspecified atom stereocenters. The molecule has 3 heterocycles. The molecule has 0 radical (unpaired) electrons. The van der Waals surface area contributed by atoms with Crippen LogP contribution in [0.4, 0.5) is 0 Å². The van der Waals surface area contributed by atoms with Crippen LogP contribution in [-0.2, 0) is 11.8 Å². The molecule has 0 bridgehead atoms. The number of amides is 1. The highest BCUT2D eigenvalue weighted by Gasteiger charge is 2.14. The van der Waals surface area contributed by atoms with Gasteiger partial charge in [-0.2, -0.15) is 0 Å². The van der Waals surface area contributed by atoms with E-state index in [0.717, 1.165) is 5.56 Å². The van der Waals surface area contributed by atoms with Crippen LogP contribution in [0.2, 0.25) is 0 Å². The smallest absolute Gasteiger partial charge is 0.241 e. The van der Waals surface area contributed by atoms with Crippen LogP contribution in [-0.4, -0.2) is 36.2 Å². The lowest BCUT2D eigenvalue weighted by atomic mass is 10.1. The van der Waals surface area contributed by atoms with E-state index in [1.807, 2.05) is 12.1 Å². The van der Waals surface area contributed by atoms with Crippen LogP contribution in [0.15, 0.2) is 55.1 Å². The largest absolute Gasteiger partial charge is 0.366 e. The maximum Gasteiger partial charge on any atom is 0.241 e. The zero-order chi connectivity index (χ0) is 19.7. The number of nitrogens with one attached hydrogen (secondary N) is 1. The summed E-state index contributed by atoms with van der Waals surface area (Å²) in [5, 5.41) is 0. The second-order valence-corrected chi connectivity index (χ2v) is 6.20. The van der Waals surface area contributed by atoms with Gasteiger partial charge in [-0.3, -0.25) is 9.59 Å². The molecule has 0 saturated carbocycles. The van der Waals surface area contributed by atoms with Gasteiger partial charge in [0, 0.05) is 48.4 Å². The number of imidazole rings is 1. The highest BCUT2D eigenvalue weighted by molar-refractivity contribution is 6.06. The minimum absolute atomic E-state index is 0.148. The molecule has 3 aromatic heterocycles. The molecule has 0 aliphatic carbocycles. The number of primary amides is 1. The normalized spacial score (nSPS) is 11.3. The van der Waals surface area contributed by atoms with E-state index in [9.17, 15) is 9.59 Å². The third-order valence-electron chi connectivity index (χ3n) is 4.30. The number of aromatic nitrogens is 5. The van der Waals surface area contributed by atoms with Gasteiger partial charge in [0.15, 0.2) is 11.5 Å². The van der Waals surface area contributed by atoms with E-state index in [4.69, 9.17) is 5.73 Å². The number of H-pyrrole nitrogens is 1. The van der Waals surface area contributed by atoms with Crippen molar-refractivity contribution in [3.63, 3.8) is 0 Å². The number of hydrogen-bond donors (Lipinski definition) is 2. The highest BCUT2D eigenvalue weighted by atomic mass is 16.1. The fourth-order valence-corrected chi connectivity index (χ4v) is 2.85. The van der Waals surface area contributed by atoms with Crippen LogP contribution in [0.1, 0.15) is 21.7 Å². The Kier molecular flexibility index (Phi) is 4.29. The van der Waals surface area contributed by atoms with E-state index in [0.29, 0.717) is 33.8 Å². The van der Waals surface area contributed by atoms with Crippen LogP contribution in [0, 0.1) is 0 Å². The summed E-state index contributed by atoms with van der Waals surface area (Å²) in [5.74, 6) is -0.302. The first-order valence-electron chi connectivity index (χ1n) is 8.47. The molecule has 4 rings (SSSR count). The van der Waals surface area contributed by atoms with Crippen molar-refractivity contribution in [2.75, 3.05) is 0 Å². The number of benzene rings is 1. The SMILES string of the molecule is Cn1ccnc1C(=O)c1ccc(-c2cnc3[nH]cc(/C=C/C(N)=O)c3n2)cc1. The van der Waals surface area contributed by atoms with Gasteiger partial charge in [-0.25, -0.2) is 15.0 Å². The van der Waals surface area contributed by atoms with E-state index in [1.165, 1.54) is 6.08 Å². The summed E-state index contributed by atoms with van der Waals surface area (Å²) >= 11 is 0. The average molecular weight is 372 g/mol. The van der Waals surface area contributed by atoms with E-state index >= 15 is 0 Å². The molecule has 28 heavy (non-hydrogen) atoms. The molecule has 4 aromatic rings. The molecule has 138 valence electrons. The fraction of sp³-hybridized carbons (Fsp3) is 0.0500. The number of carbonyl (C=O) groups excluding carboxylic acids is 2. The number of nitrogens with two attached hydrogens (primary N) is 1. The summed E-state index contributed by atoms with van der Waals surface area (Å²) in [6, 6.07) is 7.11. The molecule has 0 fully saturated rings. The highest BCUT2D eigenvalue weighted by Crippen LogP contribution is 2.22. The average Bonchev–Trinajstić information content (AvgIpc) is 3.31. The van der Waals surface area contributed by atoms with E-state index in [1.54, 1.807) is 54.6 Å². The van der Waals surface area contributed by atoms with E-state index in [-0.39, 0.29) is 5.78 Å². The summed E-state index contributed by atoms with van der Waals surface area (Å²) in [6.07, 6.45) is 9.54. The van der Waals surface area contributed by atoms with Gasteiger partial charge in [0.1, 0.15) is 5.52 Å². The number of rotatable bonds is 5. The quantitative estimate of drug-likeness (QED) is 0.411. The first-order valence-corrected chi connectivity index (χ1v) is 8.47. The monoisotopic (exact) mass is 372 g/mol. The summed E-state index contributed by atoms with van der Waals surface area (Å²) in [6.45, 7) is 0. The lowest BCUT2D eigenvalue weighted by Gasteiger charge is -2.04. The molecular weight excluding hydrogens is 356 g/mol.